The van der Waals surface area contributed by atoms with Crippen LogP contribution in [0.25, 0.3) is 16.6 Å². The first-order valence-electron chi connectivity index (χ1n) is 12.4. The molecule has 2 atom stereocenters. The molecule has 2 aromatic carbocycles. The minimum absolute atomic E-state index is 0.0516. The molecule has 3 heterocycles. The summed E-state index contributed by atoms with van der Waals surface area (Å²) >= 11 is 0. The quantitative estimate of drug-likeness (QED) is 0.365. The molecule has 1 aliphatic rings. The van der Waals surface area contributed by atoms with Crippen molar-refractivity contribution in [3.63, 3.8) is 0 Å². The second-order valence-corrected chi connectivity index (χ2v) is 10.9. The van der Waals surface area contributed by atoms with Gasteiger partial charge >= 0.3 is 6.09 Å². The second kappa shape index (κ2) is 9.06. The van der Waals surface area contributed by atoms with Crippen molar-refractivity contribution < 1.29 is 14.7 Å². The number of aromatic amines is 1. The fourth-order valence-electron chi connectivity index (χ4n) is 5.45. The zero-order valence-electron chi connectivity index (χ0n) is 21.4. The van der Waals surface area contributed by atoms with Gasteiger partial charge in [0.2, 0.25) is 0 Å². The lowest BCUT2D eigenvalue weighted by Crippen LogP contribution is -2.51. The highest BCUT2D eigenvalue weighted by Crippen LogP contribution is 2.39. The molecule has 0 radical (unpaired) electrons. The summed E-state index contributed by atoms with van der Waals surface area (Å²) in [6.45, 7) is 8.42. The van der Waals surface area contributed by atoms with Gasteiger partial charge in [0.25, 0.3) is 11.5 Å². The van der Waals surface area contributed by atoms with Gasteiger partial charge in [-0.25, -0.2) is 9.31 Å². The van der Waals surface area contributed by atoms with Gasteiger partial charge in [0, 0.05) is 30.1 Å². The summed E-state index contributed by atoms with van der Waals surface area (Å²) in [7, 11) is 0. The Hall–Kier alpha value is -4.14. The number of anilines is 1. The summed E-state index contributed by atoms with van der Waals surface area (Å²) < 4.78 is 1.75. The van der Waals surface area contributed by atoms with Crippen molar-refractivity contribution in [3.05, 3.63) is 75.7 Å². The van der Waals surface area contributed by atoms with Gasteiger partial charge in [0.1, 0.15) is 5.65 Å². The number of aryl methyl sites for hydroxylation is 1. The molecular weight excluding hydrogens is 470 g/mol. The number of hydrogen-bond donors (Lipinski definition) is 3. The predicted octanol–water partition coefficient (Wildman–Crippen LogP) is 5.01. The Morgan fingerprint density at radius 3 is 2.59 bits per heavy atom. The van der Waals surface area contributed by atoms with E-state index in [-0.39, 0.29) is 28.8 Å². The Kier molecular flexibility index (Phi) is 6.01. The third kappa shape index (κ3) is 4.57. The van der Waals surface area contributed by atoms with Crippen LogP contribution >= 0.6 is 0 Å². The molecule has 5 rings (SSSR count). The van der Waals surface area contributed by atoms with Gasteiger partial charge in [0.15, 0.2) is 0 Å². The van der Waals surface area contributed by atoms with E-state index in [0.717, 1.165) is 11.3 Å². The lowest BCUT2D eigenvalue weighted by atomic mass is 9.76. The second-order valence-electron chi connectivity index (χ2n) is 10.9. The fraction of sp³-hybridized carbons (Fsp3) is 0.357. The van der Waals surface area contributed by atoms with Gasteiger partial charge in [-0.05, 0) is 49.4 Å². The van der Waals surface area contributed by atoms with Crippen LogP contribution in [-0.4, -0.2) is 49.2 Å². The van der Waals surface area contributed by atoms with Crippen LogP contribution in [0.15, 0.2) is 53.3 Å². The Bertz CT molecular complexity index is 1580. The van der Waals surface area contributed by atoms with Gasteiger partial charge in [-0.3, -0.25) is 9.59 Å². The minimum atomic E-state index is -0.923. The highest BCUT2D eigenvalue weighted by Gasteiger charge is 2.40. The predicted molar refractivity (Wildman–Crippen MR) is 142 cm³/mol. The van der Waals surface area contributed by atoms with E-state index in [0.29, 0.717) is 47.2 Å². The minimum Gasteiger partial charge on any atom is -0.465 e. The molecule has 4 aromatic rings. The van der Waals surface area contributed by atoms with E-state index in [1.165, 1.54) is 4.90 Å². The summed E-state index contributed by atoms with van der Waals surface area (Å²) in [5.41, 5.74) is 3.44. The van der Waals surface area contributed by atoms with Crippen molar-refractivity contribution in [2.24, 2.45) is 5.41 Å². The number of carbonyl (C=O) groups excluding carboxylic acids is 1. The molecule has 0 spiro atoms. The van der Waals surface area contributed by atoms with E-state index in [4.69, 9.17) is 5.10 Å². The number of nitrogens with zero attached hydrogens (tertiary/aromatic N) is 3. The van der Waals surface area contributed by atoms with Crippen LogP contribution in [0.3, 0.4) is 0 Å². The molecule has 37 heavy (non-hydrogen) atoms. The van der Waals surface area contributed by atoms with E-state index in [1.54, 1.807) is 22.7 Å². The van der Waals surface area contributed by atoms with E-state index < -0.39 is 6.09 Å². The molecule has 0 saturated carbocycles. The Labute approximate surface area is 214 Å². The summed E-state index contributed by atoms with van der Waals surface area (Å²) in [5, 5.41) is 18.2. The molecule has 1 saturated heterocycles. The number of likely N-dealkylation sites (tertiary alicyclic amines) is 1. The van der Waals surface area contributed by atoms with Crippen LogP contribution in [0.4, 0.5) is 10.5 Å². The normalized spacial score (nSPS) is 18.3. The van der Waals surface area contributed by atoms with E-state index >= 15 is 0 Å². The van der Waals surface area contributed by atoms with Gasteiger partial charge in [-0.15, -0.1) is 0 Å². The number of nitrogens with one attached hydrogen (secondary N) is 2. The summed E-state index contributed by atoms with van der Waals surface area (Å²) in [5.74, 6) is -0.299. The number of piperidine rings is 1. The van der Waals surface area contributed by atoms with Crippen LogP contribution in [0.5, 0.6) is 0 Å². The zero-order chi connectivity index (χ0) is 26.5. The highest BCUT2D eigenvalue weighted by atomic mass is 16.4. The van der Waals surface area contributed by atoms with Crippen LogP contribution in [0.1, 0.15) is 61.1 Å². The number of amides is 2. The number of carboxylic acid groups (broad SMARTS) is 1. The van der Waals surface area contributed by atoms with Crippen LogP contribution in [0.2, 0.25) is 0 Å². The summed E-state index contributed by atoms with van der Waals surface area (Å²) in [6, 6.07) is 14.2. The molecule has 0 aliphatic carbocycles. The first kappa shape index (κ1) is 24.5. The number of fused-ring (bicyclic) bond motifs is 3. The molecular formula is C28H31N5O4. The van der Waals surface area contributed by atoms with Gasteiger partial charge in [0.05, 0.1) is 22.3 Å². The lowest BCUT2D eigenvalue weighted by Gasteiger charge is -2.44. The van der Waals surface area contributed by atoms with Gasteiger partial charge in [-0.1, -0.05) is 44.5 Å². The Morgan fingerprint density at radius 2 is 1.89 bits per heavy atom. The van der Waals surface area contributed by atoms with Crippen LogP contribution in [-0.2, 0) is 0 Å². The molecule has 3 N–H and O–H groups in total. The van der Waals surface area contributed by atoms with Crippen molar-refractivity contribution in [1.82, 2.24) is 19.5 Å². The molecule has 2 unspecified atom stereocenters. The number of benzene rings is 2. The van der Waals surface area contributed by atoms with Crippen molar-refractivity contribution >= 4 is 34.2 Å². The summed E-state index contributed by atoms with van der Waals surface area (Å²) in [6.07, 6.45) is 0.250. The van der Waals surface area contributed by atoms with Crippen molar-refractivity contribution in [2.45, 2.75) is 52.5 Å². The number of hydrogen-bond acceptors (Lipinski definition) is 4. The SMILES string of the molecule is Cc1cccc(C(=O)Nc2cccc3nn4c(C5CCN(C(=O)O)C(C(C)(C)C)C5)cc(=O)[nH]c4c23)c1. The molecule has 1 fully saturated rings. The topological polar surface area (TPSA) is 120 Å². The molecule has 0 bridgehead atoms. The van der Waals surface area contributed by atoms with Crippen LogP contribution in [0, 0.1) is 12.3 Å². The Balaban J connectivity index is 1.58. The summed E-state index contributed by atoms with van der Waals surface area (Å²) in [4.78, 5) is 42.2. The number of aromatic nitrogens is 3. The molecule has 1 aliphatic heterocycles. The maximum absolute atomic E-state index is 13.0. The number of carbonyl (C=O) groups is 2. The third-order valence-electron chi connectivity index (χ3n) is 7.26. The average molecular weight is 502 g/mol. The highest BCUT2D eigenvalue weighted by molar-refractivity contribution is 6.11. The lowest BCUT2D eigenvalue weighted by molar-refractivity contribution is 0.0518. The third-order valence-corrected chi connectivity index (χ3v) is 7.26. The smallest absolute Gasteiger partial charge is 0.407 e. The maximum Gasteiger partial charge on any atom is 0.407 e. The van der Waals surface area contributed by atoms with Crippen molar-refractivity contribution in [2.75, 3.05) is 11.9 Å². The Morgan fingerprint density at radius 1 is 1.14 bits per heavy atom. The monoisotopic (exact) mass is 501 g/mol. The van der Waals surface area contributed by atoms with Gasteiger partial charge < -0.3 is 20.3 Å². The molecule has 2 aromatic heterocycles. The average Bonchev–Trinajstić information content (AvgIpc) is 3.22. The van der Waals surface area contributed by atoms with E-state index in [2.05, 4.69) is 10.3 Å². The standard InChI is InChI=1S/C28H31N5O4/c1-16-7-5-8-18(13-16)26(35)29-19-9-6-10-20-24(19)25-30-23(34)15-21(33(25)31-20)17-11-12-32(27(36)37)22(14-17)28(2,3)4/h5-10,13,15,17,22H,11-12,14H2,1-4H3,(H,29,35)(H,30,34)(H,36,37). The first-order valence-corrected chi connectivity index (χ1v) is 12.4. The maximum atomic E-state index is 13.0. The largest absolute Gasteiger partial charge is 0.465 e. The van der Waals surface area contributed by atoms with E-state index in [9.17, 15) is 19.5 Å². The molecule has 9 heteroatoms. The van der Waals surface area contributed by atoms with E-state index in [1.807, 2.05) is 58.0 Å². The molecule has 9 nitrogen and oxygen atoms in total. The molecule has 2 amide bonds. The number of H-pyrrole nitrogens is 1. The zero-order valence-corrected chi connectivity index (χ0v) is 21.4. The molecule has 192 valence electrons. The fourth-order valence-corrected chi connectivity index (χ4v) is 5.45. The van der Waals surface area contributed by atoms with Gasteiger partial charge in [-0.2, -0.15) is 5.10 Å². The van der Waals surface area contributed by atoms with Crippen molar-refractivity contribution in [1.29, 1.82) is 0 Å². The van der Waals surface area contributed by atoms with Crippen molar-refractivity contribution in [3.8, 4) is 0 Å². The van der Waals surface area contributed by atoms with Crippen LogP contribution < -0.4 is 10.9 Å². The first-order chi connectivity index (χ1) is 17.5. The number of rotatable bonds is 3.